The van der Waals surface area contributed by atoms with Crippen LogP contribution < -0.4 is 5.32 Å². The van der Waals surface area contributed by atoms with Crippen LogP contribution >= 0.6 is 11.3 Å². The fourth-order valence-corrected chi connectivity index (χ4v) is 4.92. The Kier molecular flexibility index (Phi) is 5.56. The first-order valence-corrected chi connectivity index (χ1v) is 10.5. The van der Waals surface area contributed by atoms with Gasteiger partial charge in [0, 0.05) is 43.5 Å². The molecule has 0 aromatic carbocycles. The van der Waals surface area contributed by atoms with E-state index >= 15 is 0 Å². The minimum atomic E-state index is -4.39. The summed E-state index contributed by atoms with van der Waals surface area (Å²) in [5.41, 5.74) is 0.600. The molecular weight excluding hydrogens is 405 g/mol. The molecule has 1 fully saturated rings. The van der Waals surface area contributed by atoms with Crippen LogP contribution in [0.2, 0.25) is 0 Å². The van der Waals surface area contributed by atoms with Crippen LogP contribution in [0.4, 0.5) is 19.0 Å². The first-order chi connectivity index (χ1) is 13.9. The highest BCUT2D eigenvalue weighted by Gasteiger charge is 2.47. The van der Waals surface area contributed by atoms with Crippen LogP contribution in [0, 0.1) is 0 Å². The monoisotopic (exact) mass is 428 g/mol. The molecule has 0 saturated carbocycles. The van der Waals surface area contributed by atoms with Crippen molar-refractivity contribution in [1.29, 1.82) is 0 Å². The zero-order valence-corrected chi connectivity index (χ0v) is 16.8. The first-order valence-electron chi connectivity index (χ1n) is 9.59. The number of rotatable bonds is 4. The van der Waals surface area contributed by atoms with E-state index in [4.69, 9.17) is 4.74 Å². The number of hydrogen-bond donors (Lipinski definition) is 1. The summed E-state index contributed by atoms with van der Waals surface area (Å²) in [6.45, 7) is 1.09. The molecule has 0 aliphatic carbocycles. The zero-order valence-electron chi connectivity index (χ0n) is 16.0. The van der Waals surface area contributed by atoms with Crippen LogP contribution in [0.25, 0.3) is 0 Å². The van der Waals surface area contributed by atoms with Crippen LogP contribution in [0.5, 0.6) is 0 Å². The van der Waals surface area contributed by atoms with Crippen molar-refractivity contribution < 1.29 is 22.7 Å². The summed E-state index contributed by atoms with van der Waals surface area (Å²) in [6.07, 6.45) is -2.90. The minimum Gasteiger partial charge on any atom is -0.375 e. The molecule has 1 saturated heterocycles. The number of likely N-dealkylation sites (tertiary alicyclic amines) is 1. The fraction of sp³-hybridized carbons (Fsp3) is 0.579. The van der Waals surface area contributed by atoms with E-state index in [1.54, 1.807) is 11.0 Å². The van der Waals surface area contributed by atoms with Gasteiger partial charge in [-0.3, -0.25) is 4.79 Å². The lowest BCUT2D eigenvalue weighted by Gasteiger charge is -2.33. The Balaban J connectivity index is 1.60. The molecule has 158 valence electrons. The van der Waals surface area contributed by atoms with Gasteiger partial charge in [0.05, 0.1) is 11.7 Å². The predicted molar refractivity (Wildman–Crippen MR) is 103 cm³/mol. The third-order valence-electron chi connectivity index (χ3n) is 5.56. The number of thiophene rings is 1. The molecule has 4 heterocycles. The molecule has 3 atom stereocenters. The highest BCUT2D eigenvalue weighted by Crippen LogP contribution is 2.45. The van der Waals surface area contributed by atoms with Crippen molar-refractivity contribution in [2.24, 2.45) is 0 Å². The van der Waals surface area contributed by atoms with E-state index < -0.39 is 18.3 Å². The molecule has 2 aromatic heterocycles. The van der Waals surface area contributed by atoms with Crippen molar-refractivity contribution >= 4 is 23.1 Å². The molecule has 29 heavy (non-hydrogen) atoms. The van der Waals surface area contributed by atoms with Crippen LogP contribution in [-0.2, 0) is 9.53 Å². The number of anilines is 1. The van der Waals surface area contributed by atoms with E-state index in [9.17, 15) is 18.0 Å². The van der Waals surface area contributed by atoms with Gasteiger partial charge in [-0.1, -0.05) is 6.07 Å². The molecule has 10 heteroatoms. The number of carbonyl (C=O) groups excluding carboxylic acids is 1. The summed E-state index contributed by atoms with van der Waals surface area (Å²) < 4.78 is 47.4. The predicted octanol–water partition coefficient (Wildman–Crippen LogP) is 3.96. The van der Waals surface area contributed by atoms with Crippen molar-refractivity contribution in [3.63, 3.8) is 0 Å². The topological polar surface area (TPSA) is 59.4 Å². The number of piperidine rings is 1. The van der Waals surface area contributed by atoms with Gasteiger partial charge in [-0.2, -0.15) is 18.3 Å². The van der Waals surface area contributed by atoms with Crippen molar-refractivity contribution in [3.8, 4) is 0 Å². The Morgan fingerprint density at radius 3 is 2.97 bits per heavy atom. The zero-order chi connectivity index (χ0) is 20.6. The second-order valence-electron chi connectivity index (χ2n) is 7.52. The molecule has 1 N–H and O–H groups in total. The number of aromatic nitrogens is 2. The number of methoxy groups -OCH3 is 1. The maximum absolute atomic E-state index is 13.8. The van der Waals surface area contributed by atoms with Gasteiger partial charge in [-0.25, -0.2) is 4.68 Å². The van der Waals surface area contributed by atoms with Crippen molar-refractivity contribution in [2.75, 3.05) is 32.1 Å². The summed E-state index contributed by atoms with van der Waals surface area (Å²) >= 11 is 1.44. The summed E-state index contributed by atoms with van der Waals surface area (Å²) in [4.78, 5) is 14.7. The Morgan fingerprint density at radius 2 is 2.28 bits per heavy atom. The molecule has 2 aromatic rings. The Morgan fingerprint density at radius 1 is 1.45 bits per heavy atom. The van der Waals surface area contributed by atoms with E-state index in [0.29, 0.717) is 24.6 Å². The van der Waals surface area contributed by atoms with Gasteiger partial charge in [0.2, 0.25) is 5.91 Å². The average Bonchev–Trinajstić information content (AvgIpc) is 3.36. The Hall–Kier alpha value is -2.07. The normalized spacial score (nSPS) is 24.8. The van der Waals surface area contributed by atoms with Crippen molar-refractivity contribution in [2.45, 2.75) is 43.4 Å². The van der Waals surface area contributed by atoms with E-state index in [1.807, 2.05) is 17.5 Å². The molecular formula is C19H23F3N4O2S. The summed E-state index contributed by atoms with van der Waals surface area (Å²) in [6, 6.07) is 3.34. The van der Waals surface area contributed by atoms with Crippen LogP contribution in [0.15, 0.2) is 23.6 Å². The van der Waals surface area contributed by atoms with Gasteiger partial charge < -0.3 is 15.0 Å². The number of amides is 1. The number of carbonyl (C=O) groups is 1. The minimum absolute atomic E-state index is 0.00656. The average molecular weight is 428 g/mol. The lowest BCUT2D eigenvalue weighted by molar-refractivity contribution is -0.173. The molecule has 0 spiro atoms. The number of alkyl halides is 3. The van der Waals surface area contributed by atoms with Gasteiger partial charge in [0.1, 0.15) is 12.4 Å². The highest BCUT2D eigenvalue weighted by atomic mass is 32.1. The lowest BCUT2D eigenvalue weighted by Crippen LogP contribution is -2.41. The molecule has 4 rings (SSSR count). The van der Waals surface area contributed by atoms with E-state index in [2.05, 4.69) is 10.4 Å². The number of halogens is 3. The summed E-state index contributed by atoms with van der Waals surface area (Å²) in [5.74, 6) is 0.191. The Labute approximate surface area is 170 Å². The third-order valence-corrected chi connectivity index (χ3v) is 6.54. The lowest BCUT2D eigenvalue weighted by atomic mass is 9.94. The summed E-state index contributed by atoms with van der Waals surface area (Å²) in [5, 5.41) is 9.44. The van der Waals surface area contributed by atoms with E-state index in [0.717, 1.165) is 22.4 Å². The molecule has 0 bridgehead atoms. The van der Waals surface area contributed by atoms with Crippen LogP contribution in [0.3, 0.4) is 0 Å². The van der Waals surface area contributed by atoms with Crippen molar-refractivity contribution in [3.05, 3.63) is 34.2 Å². The third kappa shape index (κ3) is 4.13. The standard InChI is InChI=1S/C19H23F3N4O2S/c1-28-11-18(27)25-6-2-4-12(10-25)13-9-17-23-14(15-5-3-7-29-15)8-16(19(20,21)22)26(17)24-13/h3,5,7,9,12,14,16,23H,2,4,6,8,10-11H2,1H3/t12?,14-,16+/m0/s1. The van der Waals surface area contributed by atoms with Gasteiger partial charge in [0.25, 0.3) is 0 Å². The van der Waals surface area contributed by atoms with E-state index in [-0.39, 0.29) is 24.9 Å². The Bertz CT molecular complexity index is 852. The second-order valence-corrected chi connectivity index (χ2v) is 8.50. The quantitative estimate of drug-likeness (QED) is 0.801. The smallest absolute Gasteiger partial charge is 0.375 e. The second kappa shape index (κ2) is 7.98. The number of nitrogens with one attached hydrogen (secondary N) is 1. The van der Waals surface area contributed by atoms with Gasteiger partial charge in [-0.05, 0) is 24.3 Å². The van der Waals surface area contributed by atoms with Gasteiger partial charge in [0.15, 0.2) is 6.04 Å². The number of fused-ring (bicyclic) bond motifs is 1. The largest absolute Gasteiger partial charge is 0.410 e. The molecule has 6 nitrogen and oxygen atoms in total. The maximum atomic E-state index is 13.8. The SMILES string of the molecule is COCC(=O)N1CCCC(c2cc3n(n2)[C@@H](C(F)(F)F)C[C@@H](c2cccs2)N3)C1. The van der Waals surface area contributed by atoms with Gasteiger partial charge in [-0.15, -0.1) is 11.3 Å². The number of hydrogen-bond acceptors (Lipinski definition) is 5. The first kappa shape index (κ1) is 20.2. The molecule has 2 aliphatic heterocycles. The molecule has 0 radical (unpaired) electrons. The molecule has 1 unspecified atom stereocenters. The molecule has 2 aliphatic rings. The van der Waals surface area contributed by atoms with Gasteiger partial charge >= 0.3 is 6.18 Å². The number of nitrogens with zero attached hydrogens (tertiary/aromatic N) is 3. The molecule has 1 amide bonds. The maximum Gasteiger partial charge on any atom is 0.410 e. The fourth-order valence-electron chi connectivity index (χ4n) is 4.13. The van der Waals surface area contributed by atoms with E-state index in [1.165, 1.54) is 18.4 Å². The summed E-state index contributed by atoms with van der Waals surface area (Å²) in [7, 11) is 1.47. The highest BCUT2D eigenvalue weighted by molar-refractivity contribution is 7.10. The number of ether oxygens (including phenoxy) is 1. The van der Waals surface area contributed by atoms with Crippen molar-refractivity contribution in [1.82, 2.24) is 14.7 Å². The van der Waals surface area contributed by atoms with Crippen LogP contribution in [0.1, 0.15) is 47.8 Å². The van der Waals surface area contributed by atoms with Crippen LogP contribution in [-0.4, -0.2) is 53.6 Å².